The van der Waals surface area contributed by atoms with Crippen molar-refractivity contribution in [2.24, 2.45) is 0 Å². The van der Waals surface area contributed by atoms with Gasteiger partial charge in [-0.2, -0.15) is 0 Å². The Morgan fingerprint density at radius 2 is 1.88 bits per heavy atom. The minimum Gasteiger partial charge on any atom is -0.312 e. The van der Waals surface area contributed by atoms with Crippen LogP contribution in [0.2, 0.25) is 0 Å². The molecule has 0 spiro atoms. The highest BCUT2D eigenvalue weighted by Crippen LogP contribution is 2.26. The van der Waals surface area contributed by atoms with Crippen LogP contribution in [0.4, 0.5) is 0 Å². The lowest BCUT2D eigenvalue weighted by Crippen LogP contribution is -2.28. The van der Waals surface area contributed by atoms with Crippen LogP contribution in [0.5, 0.6) is 0 Å². The Hall–Kier alpha value is -1.03. The summed E-state index contributed by atoms with van der Waals surface area (Å²) >= 11 is 0. The average molecular weight is 235 g/mol. The van der Waals surface area contributed by atoms with Crippen LogP contribution in [-0.4, -0.2) is 16.3 Å². The minimum absolute atomic E-state index is 0.221. The number of aromatic amines is 1. The van der Waals surface area contributed by atoms with Gasteiger partial charge in [0.1, 0.15) is 0 Å². The van der Waals surface area contributed by atoms with Gasteiger partial charge < -0.3 is 5.32 Å². The molecule has 2 aliphatic rings. The van der Waals surface area contributed by atoms with E-state index in [4.69, 9.17) is 0 Å². The van der Waals surface area contributed by atoms with Crippen LogP contribution < -0.4 is 10.9 Å². The van der Waals surface area contributed by atoms with Gasteiger partial charge in [0.2, 0.25) is 0 Å². The summed E-state index contributed by atoms with van der Waals surface area (Å²) in [5.41, 5.74) is 2.36. The molecule has 2 N–H and O–H groups in total. The first-order chi connectivity index (χ1) is 8.36. The third kappa shape index (κ3) is 2.06. The highest BCUT2D eigenvalue weighted by atomic mass is 16.1. The van der Waals surface area contributed by atoms with Crippen molar-refractivity contribution in [1.29, 1.82) is 0 Å². The lowest BCUT2D eigenvalue weighted by Gasteiger charge is -2.14. The van der Waals surface area contributed by atoms with Gasteiger partial charge in [-0.3, -0.25) is 9.89 Å². The first-order valence-electron chi connectivity index (χ1n) is 6.89. The fourth-order valence-electron chi connectivity index (χ4n) is 3.13. The summed E-state index contributed by atoms with van der Waals surface area (Å²) < 4.78 is 1.92. The molecular weight excluding hydrogens is 214 g/mol. The van der Waals surface area contributed by atoms with Crippen LogP contribution in [-0.2, 0) is 13.0 Å². The zero-order valence-electron chi connectivity index (χ0n) is 10.3. The fraction of sp³-hybridized carbons (Fsp3) is 0.769. The fourth-order valence-corrected chi connectivity index (χ4v) is 3.13. The van der Waals surface area contributed by atoms with Crippen molar-refractivity contribution in [1.82, 2.24) is 15.1 Å². The SMILES string of the molecule is O=c1c2c([nH]n1C1CCCCCC1)CCNC2. The molecule has 17 heavy (non-hydrogen) atoms. The van der Waals surface area contributed by atoms with Crippen LogP contribution in [0.3, 0.4) is 0 Å². The second kappa shape index (κ2) is 4.69. The summed E-state index contributed by atoms with van der Waals surface area (Å²) in [5.74, 6) is 0. The van der Waals surface area contributed by atoms with Gasteiger partial charge in [-0.05, 0) is 12.8 Å². The van der Waals surface area contributed by atoms with Crippen molar-refractivity contribution in [2.45, 2.75) is 57.5 Å². The maximum atomic E-state index is 12.3. The molecule has 0 amide bonds. The molecule has 0 unspecified atom stereocenters. The van der Waals surface area contributed by atoms with Gasteiger partial charge in [-0.1, -0.05) is 25.7 Å². The van der Waals surface area contributed by atoms with E-state index in [2.05, 4.69) is 10.4 Å². The Morgan fingerprint density at radius 1 is 1.12 bits per heavy atom. The molecule has 0 atom stereocenters. The molecular formula is C13H21N3O. The number of fused-ring (bicyclic) bond motifs is 1. The van der Waals surface area contributed by atoms with Gasteiger partial charge in [0.05, 0.1) is 11.6 Å². The van der Waals surface area contributed by atoms with E-state index in [1.54, 1.807) is 0 Å². The molecule has 3 rings (SSSR count). The molecule has 4 nitrogen and oxygen atoms in total. The Balaban J connectivity index is 1.91. The Kier molecular flexibility index (Phi) is 3.05. The third-order valence-corrected chi connectivity index (χ3v) is 4.14. The van der Waals surface area contributed by atoms with Crippen molar-refractivity contribution in [2.75, 3.05) is 6.54 Å². The van der Waals surface area contributed by atoms with Gasteiger partial charge in [0.15, 0.2) is 0 Å². The minimum atomic E-state index is 0.221. The molecule has 1 fully saturated rings. The second-order valence-electron chi connectivity index (χ2n) is 5.32. The number of H-pyrrole nitrogens is 1. The largest absolute Gasteiger partial charge is 0.312 e. The molecule has 1 aromatic heterocycles. The van der Waals surface area contributed by atoms with Crippen molar-refractivity contribution in [3.63, 3.8) is 0 Å². The number of hydrogen-bond donors (Lipinski definition) is 2. The van der Waals surface area contributed by atoms with E-state index in [1.165, 1.54) is 25.7 Å². The first kappa shape index (κ1) is 11.1. The molecule has 1 aromatic rings. The van der Waals surface area contributed by atoms with Crippen LogP contribution >= 0.6 is 0 Å². The van der Waals surface area contributed by atoms with E-state index < -0.39 is 0 Å². The predicted octanol–water partition coefficient (Wildman–Crippen LogP) is 1.72. The summed E-state index contributed by atoms with van der Waals surface area (Å²) in [7, 11) is 0. The molecule has 0 aromatic carbocycles. The summed E-state index contributed by atoms with van der Waals surface area (Å²) in [5, 5.41) is 6.64. The molecule has 0 saturated heterocycles. The van der Waals surface area contributed by atoms with E-state index in [1.807, 2.05) is 4.68 Å². The Labute approximate surface area is 101 Å². The van der Waals surface area contributed by atoms with Gasteiger partial charge in [-0.25, -0.2) is 4.68 Å². The Bertz CT molecular complexity index is 438. The van der Waals surface area contributed by atoms with Crippen molar-refractivity contribution < 1.29 is 0 Å². The molecule has 0 bridgehead atoms. The summed E-state index contributed by atoms with van der Waals surface area (Å²) in [6.45, 7) is 1.72. The lowest BCUT2D eigenvalue weighted by molar-refractivity contribution is 0.394. The van der Waals surface area contributed by atoms with Gasteiger partial charge >= 0.3 is 0 Å². The second-order valence-corrected chi connectivity index (χ2v) is 5.32. The van der Waals surface area contributed by atoms with Gasteiger partial charge in [0, 0.05) is 25.2 Å². The molecule has 1 saturated carbocycles. The van der Waals surface area contributed by atoms with Crippen LogP contribution in [0.15, 0.2) is 4.79 Å². The zero-order chi connectivity index (χ0) is 11.7. The van der Waals surface area contributed by atoms with Gasteiger partial charge in [0.25, 0.3) is 5.56 Å². The molecule has 1 aliphatic carbocycles. The first-order valence-corrected chi connectivity index (χ1v) is 6.89. The molecule has 94 valence electrons. The average Bonchev–Trinajstić information content (AvgIpc) is 2.57. The molecule has 2 heterocycles. The van der Waals surface area contributed by atoms with E-state index in [-0.39, 0.29) is 5.56 Å². The third-order valence-electron chi connectivity index (χ3n) is 4.14. The number of hydrogen-bond acceptors (Lipinski definition) is 2. The van der Waals surface area contributed by atoms with Crippen LogP contribution in [0.25, 0.3) is 0 Å². The molecule has 4 heteroatoms. The maximum Gasteiger partial charge on any atom is 0.271 e. The smallest absolute Gasteiger partial charge is 0.271 e. The van der Waals surface area contributed by atoms with Crippen LogP contribution in [0.1, 0.15) is 55.8 Å². The highest BCUT2D eigenvalue weighted by molar-refractivity contribution is 5.20. The van der Waals surface area contributed by atoms with E-state index in [0.717, 1.165) is 43.6 Å². The lowest BCUT2D eigenvalue weighted by atomic mass is 10.1. The standard InChI is InChI=1S/C13H21N3O/c17-13-11-9-14-8-7-12(11)15-16(13)10-5-3-1-2-4-6-10/h10,14-15H,1-9H2. The van der Waals surface area contributed by atoms with E-state index >= 15 is 0 Å². The van der Waals surface area contributed by atoms with Crippen molar-refractivity contribution in [3.05, 3.63) is 21.6 Å². The zero-order valence-corrected chi connectivity index (χ0v) is 10.3. The normalized spacial score (nSPS) is 22.1. The van der Waals surface area contributed by atoms with Gasteiger partial charge in [-0.15, -0.1) is 0 Å². The number of rotatable bonds is 1. The number of nitrogens with one attached hydrogen (secondary N) is 2. The van der Waals surface area contributed by atoms with Crippen LogP contribution in [0, 0.1) is 0 Å². The molecule has 0 radical (unpaired) electrons. The summed E-state index contributed by atoms with van der Waals surface area (Å²) in [6.07, 6.45) is 8.46. The number of aromatic nitrogens is 2. The monoisotopic (exact) mass is 235 g/mol. The summed E-state index contributed by atoms with van der Waals surface area (Å²) in [4.78, 5) is 12.3. The highest BCUT2D eigenvalue weighted by Gasteiger charge is 2.22. The quantitative estimate of drug-likeness (QED) is 0.728. The Morgan fingerprint density at radius 3 is 2.59 bits per heavy atom. The topological polar surface area (TPSA) is 49.8 Å². The predicted molar refractivity (Wildman–Crippen MR) is 67.2 cm³/mol. The summed E-state index contributed by atoms with van der Waals surface area (Å²) in [6, 6.07) is 0.413. The number of nitrogens with zero attached hydrogens (tertiary/aromatic N) is 1. The van der Waals surface area contributed by atoms with Crippen molar-refractivity contribution in [3.8, 4) is 0 Å². The maximum absolute atomic E-state index is 12.3. The molecule has 1 aliphatic heterocycles. The van der Waals surface area contributed by atoms with E-state index in [0.29, 0.717) is 6.04 Å². The van der Waals surface area contributed by atoms with Crippen molar-refractivity contribution >= 4 is 0 Å². The van der Waals surface area contributed by atoms with E-state index in [9.17, 15) is 4.79 Å².